The Morgan fingerprint density at radius 1 is 1.36 bits per heavy atom. The summed E-state index contributed by atoms with van der Waals surface area (Å²) in [7, 11) is 0. The first-order chi connectivity index (χ1) is 6.84. The predicted molar refractivity (Wildman–Crippen MR) is 56.3 cm³/mol. The standard InChI is InChI=1S/C11H14N2O/c12-10-3-1-2-4-11(10)13-6-9-5-8(13)7-14-9/h1-4,8-9H,5-7,12H2. The normalized spacial score (nSPS) is 29.9. The smallest absolute Gasteiger partial charge is 0.0771 e. The molecule has 2 saturated heterocycles. The minimum atomic E-state index is 0.430. The maximum absolute atomic E-state index is 5.95. The second-order valence-corrected chi connectivity index (χ2v) is 4.06. The Hall–Kier alpha value is -1.22. The fourth-order valence-corrected chi connectivity index (χ4v) is 2.44. The van der Waals surface area contributed by atoms with Crippen molar-refractivity contribution in [1.29, 1.82) is 0 Å². The molecule has 0 aromatic heterocycles. The molecule has 1 aromatic rings. The van der Waals surface area contributed by atoms with Crippen molar-refractivity contribution < 1.29 is 4.74 Å². The monoisotopic (exact) mass is 190 g/mol. The SMILES string of the molecule is Nc1ccccc1N1CC2CC1CO2. The number of para-hydroxylation sites is 2. The van der Waals surface area contributed by atoms with E-state index < -0.39 is 0 Å². The van der Waals surface area contributed by atoms with Gasteiger partial charge in [0.25, 0.3) is 0 Å². The molecular formula is C11H14N2O. The van der Waals surface area contributed by atoms with Gasteiger partial charge >= 0.3 is 0 Å². The van der Waals surface area contributed by atoms with Gasteiger partial charge in [0.05, 0.1) is 30.1 Å². The highest BCUT2D eigenvalue weighted by atomic mass is 16.5. The van der Waals surface area contributed by atoms with E-state index in [-0.39, 0.29) is 0 Å². The summed E-state index contributed by atoms with van der Waals surface area (Å²) in [5, 5.41) is 0. The number of fused-ring (bicyclic) bond motifs is 2. The third-order valence-corrected chi connectivity index (χ3v) is 3.15. The van der Waals surface area contributed by atoms with Gasteiger partial charge in [0.1, 0.15) is 0 Å². The number of rotatable bonds is 1. The van der Waals surface area contributed by atoms with Crippen LogP contribution in [0.4, 0.5) is 11.4 Å². The summed E-state index contributed by atoms with van der Waals surface area (Å²) < 4.78 is 5.56. The van der Waals surface area contributed by atoms with Gasteiger partial charge in [0, 0.05) is 6.54 Å². The molecule has 1 aromatic carbocycles. The van der Waals surface area contributed by atoms with Gasteiger partial charge in [-0.3, -0.25) is 0 Å². The molecule has 2 aliphatic heterocycles. The number of morpholine rings is 1. The average molecular weight is 190 g/mol. The molecule has 0 saturated carbocycles. The quantitative estimate of drug-likeness (QED) is 0.677. The lowest BCUT2D eigenvalue weighted by Gasteiger charge is -2.29. The van der Waals surface area contributed by atoms with Crippen molar-refractivity contribution in [3.05, 3.63) is 24.3 Å². The van der Waals surface area contributed by atoms with E-state index in [2.05, 4.69) is 11.0 Å². The van der Waals surface area contributed by atoms with Gasteiger partial charge in [-0.1, -0.05) is 12.1 Å². The van der Waals surface area contributed by atoms with Crippen molar-refractivity contribution in [3.63, 3.8) is 0 Å². The summed E-state index contributed by atoms with van der Waals surface area (Å²) in [5.74, 6) is 0. The lowest BCUT2D eigenvalue weighted by molar-refractivity contribution is 0.0992. The fraction of sp³-hybridized carbons (Fsp3) is 0.455. The lowest BCUT2D eigenvalue weighted by Crippen LogP contribution is -2.37. The van der Waals surface area contributed by atoms with Crippen LogP contribution in [0.3, 0.4) is 0 Å². The molecule has 2 unspecified atom stereocenters. The molecule has 74 valence electrons. The number of hydrogen-bond donors (Lipinski definition) is 1. The number of nitrogen functional groups attached to an aromatic ring is 1. The molecule has 3 heteroatoms. The second kappa shape index (κ2) is 2.89. The zero-order valence-electron chi connectivity index (χ0n) is 8.02. The predicted octanol–water partition coefficient (Wildman–Crippen LogP) is 1.25. The molecule has 2 atom stereocenters. The third-order valence-electron chi connectivity index (χ3n) is 3.15. The van der Waals surface area contributed by atoms with Crippen molar-refractivity contribution in [2.45, 2.75) is 18.6 Å². The number of nitrogens with zero attached hydrogens (tertiary/aromatic N) is 1. The molecule has 0 radical (unpaired) electrons. The molecule has 0 aliphatic carbocycles. The molecule has 2 aliphatic rings. The number of benzene rings is 1. The second-order valence-electron chi connectivity index (χ2n) is 4.06. The highest BCUT2D eigenvalue weighted by Crippen LogP contribution is 2.35. The van der Waals surface area contributed by atoms with Crippen molar-refractivity contribution in [1.82, 2.24) is 0 Å². The largest absolute Gasteiger partial charge is 0.397 e. The molecule has 0 spiro atoms. The van der Waals surface area contributed by atoms with Crippen molar-refractivity contribution in [3.8, 4) is 0 Å². The van der Waals surface area contributed by atoms with Gasteiger partial charge in [-0.25, -0.2) is 0 Å². The van der Waals surface area contributed by atoms with E-state index in [1.807, 2.05) is 18.2 Å². The molecule has 2 N–H and O–H groups in total. The van der Waals surface area contributed by atoms with Crippen LogP contribution in [-0.2, 0) is 4.74 Å². The molecule has 2 heterocycles. The molecule has 0 amide bonds. The number of ether oxygens (including phenoxy) is 1. The summed E-state index contributed by atoms with van der Waals surface area (Å²) in [5.41, 5.74) is 7.99. The van der Waals surface area contributed by atoms with E-state index in [0.29, 0.717) is 12.1 Å². The van der Waals surface area contributed by atoms with Crippen LogP contribution in [-0.4, -0.2) is 25.3 Å². The Bertz CT molecular complexity index is 353. The molecule has 2 bridgehead atoms. The van der Waals surface area contributed by atoms with E-state index >= 15 is 0 Å². The third kappa shape index (κ3) is 1.09. The van der Waals surface area contributed by atoms with Gasteiger partial charge in [-0.15, -0.1) is 0 Å². The Morgan fingerprint density at radius 2 is 2.21 bits per heavy atom. The number of anilines is 2. The van der Waals surface area contributed by atoms with Crippen molar-refractivity contribution >= 4 is 11.4 Å². The molecule has 2 fully saturated rings. The highest BCUT2D eigenvalue weighted by molar-refractivity contribution is 5.68. The fourth-order valence-electron chi connectivity index (χ4n) is 2.44. The van der Waals surface area contributed by atoms with Gasteiger partial charge in [-0.05, 0) is 18.6 Å². The summed E-state index contributed by atoms with van der Waals surface area (Å²) in [6.07, 6.45) is 1.59. The highest BCUT2D eigenvalue weighted by Gasteiger charge is 2.39. The first kappa shape index (κ1) is 8.12. The van der Waals surface area contributed by atoms with E-state index in [1.165, 1.54) is 5.69 Å². The summed E-state index contributed by atoms with van der Waals surface area (Å²) >= 11 is 0. The first-order valence-electron chi connectivity index (χ1n) is 5.07. The summed E-state index contributed by atoms with van der Waals surface area (Å²) in [4.78, 5) is 2.38. The zero-order chi connectivity index (χ0) is 9.54. The van der Waals surface area contributed by atoms with Crippen molar-refractivity contribution in [2.75, 3.05) is 23.8 Å². The van der Waals surface area contributed by atoms with Crippen LogP contribution in [0, 0.1) is 0 Å². The topological polar surface area (TPSA) is 38.5 Å². The van der Waals surface area contributed by atoms with Gasteiger partial charge < -0.3 is 15.4 Å². The van der Waals surface area contributed by atoms with Crippen LogP contribution in [0.5, 0.6) is 0 Å². The molecule has 3 rings (SSSR count). The van der Waals surface area contributed by atoms with E-state index in [4.69, 9.17) is 10.5 Å². The van der Waals surface area contributed by atoms with Gasteiger partial charge in [-0.2, -0.15) is 0 Å². The van der Waals surface area contributed by atoms with Crippen LogP contribution in [0.1, 0.15) is 6.42 Å². The van der Waals surface area contributed by atoms with Gasteiger partial charge in [0.15, 0.2) is 0 Å². The van der Waals surface area contributed by atoms with Crippen LogP contribution >= 0.6 is 0 Å². The van der Waals surface area contributed by atoms with Crippen LogP contribution in [0.2, 0.25) is 0 Å². The Kier molecular flexibility index (Phi) is 1.67. The van der Waals surface area contributed by atoms with Gasteiger partial charge in [0.2, 0.25) is 0 Å². The van der Waals surface area contributed by atoms with E-state index in [9.17, 15) is 0 Å². The lowest BCUT2D eigenvalue weighted by atomic mass is 10.2. The minimum absolute atomic E-state index is 0.430. The first-order valence-corrected chi connectivity index (χ1v) is 5.07. The summed E-state index contributed by atoms with van der Waals surface area (Å²) in [6, 6.07) is 8.62. The van der Waals surface area contributed by atoms with Crippen LogP contribution < -0.4 is 10.6 Å². The molecular weight excluding hydrogens is 176 g/mol. The van der Waals surface area contributed by atoms with E-state index in [0.717, 1.165) is 25.3 Å². The minimum Gasteiger partial charge on any atom is -0.397 e. The van der Waals surface area contributed by atoms with Crippen LogP contribution in [0.15, 0.2) is 24.3 Å². The Balaban J connectivity index is 1.93. The Morgan fingerprint density at radius 3 is 2.86 bits per heavy atom. The number of hydrogen-bond acceptors (Lipinski definition) is 3. The van der Waals surface area contributed by atoms with Crippen molar-refractivity contribution in [2.24, 2.45) is 0 Å². The van der Waals surface area contributed by atoms with Crippen LogP contribution in [0.25, 0.3) is 0 Å². The average Bonchev–Trinajstić information content (AvgIpc) is 2.79. The summed E-state index contributed by atoms with van der Waals surface area (Å²) in [6.45, 7) is 1.86. The number of nitrogens with two attached hydrogens (primary N) is 1. The maximum Gasteiger partial charge on any atom is 0.0771 e. The van der Waals surface area contributed by atoms with E-state index in [1.54, 1.807) is 0 Å². The molecule has 14 heavy (non-hydrogen) atoms. The maximum atomic E-state index is 5.95. The Labute approximate surface area is 83.5 Å². The molecule has 3 nitrogen and oxygen atoms in total. The zero-order valence-corrected chi connectivity index (χ0v) is 8.02.